The van der Waals surface area contributed by atoms with E-state index in [1.54, 1.807) is 6.92 Å². The third-order valence-corrected chi connectivity index (χ3v) is 3.45. The van der Waals surface area contributed by atoms with Crippen LogP contribution < -0.4 is 0 Å². The molecule has 0 aliphatic heterocycles. The van der Waals surface area contributed by atoms with Gasteiger partial charge in [-0.25, -0.2) is 0 Å². The van der Waals surface area contributed by atoms with Crippen LogP contribution in [0.4, 0.5) is 0 Å². The number of ketones is 2. The number of carbonyl (C=O) groups excluding carboxylic acids is 2. The number of aromatic hydroxyl groups is 4. The summed E-state index contributed by atoms with van der Waals surface area (Å²) < 4.78 is 0. The molecule has 0 unspecified atom stereocenters. The number of hydrogen-bond acceptors (Lipinski definition) is 6. The molecule has 0 amide bonds. The zero-order valence-electron chi connectivity index (χ0n) is 10.8. The fourth-order valence-corrected chi connectivity index (χ4v) is 2.54. The fourth-order valence-electron chi connectivity index (χ4n) is 2.54. The Hall–Kier alpha value is -3.02. The van der Waals surface area contributed by atoms with Crippen molar-refractivity contribution in [3.63, 3.8) is 0 Å². The molecule has 1 aliphatic carbocycles. The molecule has 0 bridgehead atoms. The quantitative estimate of drug-likeness (QED) is 0.368. The third-order valence-electron chi connectivity index (χ3n) is 3.45. The molecular formula is C15H10O6. The SMILES string of the molecule is Cc1cc(O)c2c(c1)C(=O)c1c(O)c(O)cc(O)c1C2=O. The first-order chi connectivity index (χ1) is 9.82. The van der Waals surface area contributed by atoms with Crippen LogP contribution in [0.5, 0.6) is 23.0 Å². The molecule has 2 aromatic carbocycles. The molecule has 3 rings (SSSR count). The lowest BCUT2D eigenvalue weighted by molar-refractivity contribution is 0.0971. The second-order valence-electron chi connectivity index (χ2n) is 4.88. The van der Waals surface area contributed by atoms with Gasteiger partial charge >= 0.3 is 0 Å². The summed E-state index contributed by atoms with van der Waals surface area (Å²) in [6.45, 7) is 1.63. The van der Waals surface area contributed by atoms with Gasteiger partial charge in [-0.1, -0.05) is 0 Å². The molecule has 1 aliphatic rings. The summed E-state index contributed by atoms with van der Waals surface area (Å²) >= 11 is 0. The monoisotopic (exact) mass is 286 g/mol. The van der Waals surface area contributed by atoms with Crippen LogP contribution in [-0.2, 0) is 0 Å². The highest BCUT2D eigenvalue weighted by Gasteiger charge is 2.37. The largest absolute Gasteiger partial charge is 0.507 e. The van der Waals surface area contributed by atoms with Crippen LogP contribution in [0.3, 0.4) is 0 Å². The van der Waals surface area contributed by atoms with E-state index in [-0.39, 0.29) is 16.9 Å². The summed E-state index contributed by atoms with van der Waals surface area (Å²) in [5, 5.41) is 39.0. The van der Waals surface area contributed by atoms with Gasteiger partial charge < -0.3 is 20.4 Å². The van der Waals surface area contributed by atoms with E-state index in [0.717, 1.165) is 6.07 Å². The molecular weight excluding hydrogens is 276 g/mol. The Labute approximate surface area is 118 Å². The lowest BCUT2D eigenvalue weighted by atomic mass is 9.81. The Morgan fingerprint density at radius 2 is 1.33 bits per heavy atom. The van der Waals surface area contributed by atoms with E-state index in [9.17, 15) is 30.0 Å². The van der Waals surface area contributed by atoms with Gasteiger partial charge in [0.25, 0.3) is 0 Å². The first-order valence-corrected chi connectivity index (χ1v) is 6.03. The molecule has 2 aromatic rings. The number of carbonyl (C=O) groups is 2. The average Bonchev–Trinajstić information content (AvgIpc) is 2.39. The molecule has 4 N–H and O–H groups in total. The van der Waals surface area contributed by atoms with Crippen LogP contribution >= 0.6 is 0 Å². The Morgan fingerprint density at radius 1 is 0.714 bits per heavy atom. The van der Waals surface area contributed by atoms with Gasteiger partial charge in [-0.15, -0.1) is 0 Å². The van der Waals surface area contributed by atoms with Gasteiger partial charge in [-0.2, -0.15) is 0 Å². The lowest BCUT2D eigenvalue weighted by Gasteiger charge is -2.21. The minimum absolute atomic E-state index is 0.0784. The van der Waals surface area contributed by atoms with E-state index in [1.165, 1.54) is 12.1 Å². The molecule has 0 heterocycles. The van der Waals surface area contributed by atoms with Crippen LogP contribution in [0.1, 0.15) is 37.4 Å². The number of phenolic OH excluding ortho intramolecular Hbond substituents is 4. The maximum absolute atomic E-state index is 12.4. The summed E-state index contributed by atoms with van der Waals surface area (Å²) in [6, 6.07) is 3.50. The van der Waals surface area contributed by atoms with Crippen molar-refractivity contribution < 1.29 is 30.0 Å². The highest BCUT2D eigenvalue weighted by molar-refractivity contribution is 6.31. The number of aryl methyl sites for hydroxylation is 1. The molecule has 0 radical (unpaired) electrons. The van der Waals surface area contributed by atoms with E-state index >= 15 is 0 Å². The normalized spacial score (nSPS) is 13.0. The fraction of sp³-hybridized carbons (Fsp3) is 0.0667. The number of fused-ring (bicyclic) bond motifs is 2. The van der Waals surface area contributed by atoms with Crippen LogP contribution in [0.25, 0.3) is 0 Å². The van der Waals surface area contributed by atoms with Gasteiger partial charge in [-0.3, -0.25) is 9.59 Å². The van der Waals surface area contributed by atoms with Gasteiger partial charge in [0.2, 0.25) is 5.78 Å². The van der Waals surface area contributed by atoms with Crippen LogP contribution in [0.2, 0.25) is 0 Å². The van der Waals surface area contributed by atoms with Crippen molar-refractivity contribution in [1.29, 1.82) is 0 Å². The summed E-state index contributed by atoms with van der Waals surface area (Å²) in [6.07, 6.45) is 0. The highest BCUT2D eigenvalue weighted by atomic mass is 16.3. The molecule has 106 valence electrons. The minimum Gasteiger partial charge on any atom is -0.507 e. The molecule has 0 spiro atoms. The minimum atomic E-state index is -0.787. The maximum atomic E-state index is 12.4. The van der Waals surface area contributed by atoms with Crippen molar-refractivity contribution in [2.75, 3.05) is 0 Å². The smallest absolute Gasteiger partial charge is 0.202 e. The van der Waals surface area contributed by atoms with Crippen molar-refractivity contribution >= 4 is 11.6 Å². The molecule has 0 aromatic heterocycles. The Morgan fingerprint density at radius 3 is 2.00 bits per heavy atom. The summed E-state index contributed by atoms with van der Waals surface area (Å²) in [7, 11) is 0. The zero-order chi connectivity index (χ0) is 15.5. The predicted molar refractivity (Wildman–Crippen MR) is 71.1 cm³/mol. The second kappa shape index (κ2) is 3.99. The maximum Gasteiger partial charge on any atom is 0.202 e. The van der Waals surface area contributed by atoms with Crippen molar-refractivity contribution in [2.24, 2.45) is 0 Å². The van der Waals surface area contributed by atoms with Gasteiger partial charge in [0.15, 0.2) is 17.3 Å². The van der Waals surface area contributed by atoms with Crippen molar-refractivity contribution in [3.8, 4) is 23.0 Å². The number of rotatable bonds is 0. The van der Waals surface area contributed by atoms with Crippen LogP contribution in [-0.4, -0.2) is 32.0 Å². The van der Waals surface area contributed by atoms with Crippen LogP contribution in [0.15, 0.2) is 18.2 Å². The van der Waals surface area contributed by atoms with E-state index in [2.05, 4.69) is 0 Å². The molecule has 21 heavy (non-hydrogen) atoms. The Balaban J connectivity index is 2.44. The molecule has 6 heteroatoms. The van der Waals surface area contributed by atoms with E-state index in [1.807, 2.05) is 0 Å². The molecule has 0 atom stereocenters. The van der Waals surface area contributed by atoms with E-state index < -0.39 is 39.9 Å². The lowest BCUT2D eigenvalue weighted by Crippen LogP contribution is -2.21. The summed E-state index contributed by atoms with van der Waals surface area (Å²) in [4.78, 5) is 24.8. The van der Waals surface area contributed by atoms with Gasteiger partial charge in [0.05, 0.1) is 16.7 Å². The Bertz CT molecular complexity index is 835. The topological polar surface area (TPSA) is 115 Å². The second-order valence-corrected chi connectivity index (χ2v) is 4.88. The zero-order valence-corrected chi connectivity index (χ0v) is 10.8. The molecule has 0 saturated heterocycles. The average molecular weight is 286 g/mol. The predicted octanol–water partition coefficient (Wildman–Crippen LogP) is 1.59. The van der Waals surface area contributed by atoms with Crippen molar-refractivity contribution in [3.05, 3.63) is 46.0 Å². The first kappa shape index (κ1) is 13.0. The number of phenols is 4. The Kier molecular flexibility index (Phi) is 2.47. The molecule has 6 nitrogen and oxygen atoms in total. The van der Waals surface area contributed by atoms with Crippen LogP contribution in [0, 0.1) is 6.92 Å². The molecule has 0 fully saturated rings. The number of benzene rings is 2. The standard InChI is InChI=1S/C15H10O6/c1-5-2-6-10(7(16)3-5)15(21)11-8(17)4-9(18)14(20)12(11)13(6)19/h2-4,16-18,20H,1H3. The summed E-state index contributed by atoms with van der Waals surface area (Å²) in [5.41, 5.74) is -0.638. The summed E-state index contributed by atoms with van der Waals surface area (Å²) in [5.74, 6) is -4.02. The third kappa shape index (κ3) is 1.59. The van der Waals surface area contributed by atoms with Crippen molar-refractivity contribution in [1.82, 2.24) is 0 Å². The van der Waals surface area contributed by atoms with E-state index in [0.29, 0.717) is 5.56 Å². The molecule has 0 saturated carbocycles. The van der Waals surface area contributed by atoms with E-state index in [4.69, 9.17) is 0 Å². The highest BCUT2D eigenvalue weighted by Crippen LogP contribution is 2.44. The van der Waals surface area contributed by atoms with Gasteiger partial charge in [0, 0.05) is 11.6 Å². The van der Waals surface area contributed by atoms with Gasteiger partial charge in [-0.05, 0) is 24.6 Å². The first-order valence-electron chi connectivity index (χ1n) is 6.03. The van der Waals surface area contributed by atoms with Crippen molar-refractivity contribution in [2.45, 2.75) is 6.92 Å². The number of hydrogen-bond donors (Lipinski definition) is 4. The van der Waals surface area contributed by atoms with Gasteiger partial charge in [0.1, 0.15) is 11.5 Å².